The summed E-state index contributed by atoms with van der Waals surface area (Å²) in [6.45, 7) is 0. The molecule has 0 fully saturated rings. The van der Waals surface area contributed by atoms with E-state index >= 15 is 0 Å². The van der Waals surface area contributed by atoms with Crippen molar-refractivity contribution in [3.63, 3.8) is 0 Å². The van der Waals surface area contributed by atoms with Crippen LogP contribution in [0.4, 0.5) is 0 Å². The molecule has 0 aromatic heterocycles. The molecule has 1 aliphatic carbocycles. The first kappa shape index (κ1) is 6.93. The third-order valence-electron chi connectivity index (χ3n) is 1.50. The van der Waals surface area contributed by atoms with Crippen LogP contribution in [0.15, 0.2) is 11.6 Å². The molecule has 0 saturated carbocycles. The first-order chi connectivity index (χ1) is 4.43. The van der Waals surface area contributed by atoms with Gasteiger partial charge in [-0.15, -0.1) is 0 Å². The second-order valence-corrected chi connectivity index (χ2v) is 2.63. The first-order valence-corrected chi connectivity index (χ1v) is 4.11. The van der Waals surface area contributed by atoms with E-state index in [2.05, 4.69) is 32.8 Å². The molecule has 1 aliphatic rings. The average Bonchev–Trinajstić information content (AvgIpc) is 1.91. The van der Waals surface area contributed by atoms with Crippen LogP contribution in [0, 0.1) is 10.7 Å². The van der Waals surface area contributed by atoms with Gasteiger partial charge in [-0.2, -0.15) is 0 Å². The van der Waals surface area contributed by atoms with Crippen LogP contribution in [0.1, 0.15) is 25.7 Å². The molecule has 0 aliphatic heterocycles. The molecule has 0 atom stereocenters. The molecule has 0 amide bonds. The Morgan fingerprint density at radius 2 is 2.33 bits per heavy atom. The van der Waals surface area contributed by atoms with E-state index < -0.39 is 0 Å². The van der Waals surface area contributed by atoms with Gasteiger partial charge < -0.3 is 0 Å². The molecule has 0 unspecified atom stereocenters. The van der Waals surface area contributed by atoms with E-state index in [1.165, 1.54) is 31.3 Å². The Morgan fingerprint density at radius 3 is 2.89 bits per heavy atom. The van der Waals surface area contributed by atoms with Gasteiger partial charge in [-0.05, 0) is 0 Å². The van der Waals surface area contributed by atoms with Crippen LogP contribution in [-0.2, 0) is 0 Å². The predicted octanol–water partition coefficient (Wildman–Crippen LogP) is 1.62. The van der Waals surface area contributed by atoms with Crippen molar-refractivity contribution in [2.45, 2.75) is 25.7 Å². The Morgan fingerprint density at radius 1 is 1.44 bits per heavy atom. The van der Waals surface area contributed by atoms with Gasteiger partial charge in [-0.3, -0.25) is 0 Å². The minimum atomic E-state index is 1.19. The zero-order valence-corrected chi connectivity index (χ0v) is 7.03. The summed E-state index contributed by atoms with van der Waals surface area (Å²) in [6, 6.07) is 0. The first-order valence-electron chi connectivity index (χ1n) is 3.25. The molecule has 9 heavy (non-hydrogen) atoms. The zero-order valence-electron chi connectivity index (χ0n) is 5.31. The van der Waals surface area contributed by atoms with E-state index in [0.717, 1.165) is 0 Å². The molecule has 0 nitrogen and oxygen atoms in total. The molecule has 1 rings (SSSR count). The van der Waals surface area contributed by atoms with Gasteiger partial charge in [-0.1, -0.05) is 0 Å². The van der Waals surface area contributed by atoms with Gasteiger partial charge >= 0.3 is 64.1 Å². The SMILES string of the molecule is [Se-]C#CC1=CCCCC1. The van der Waals surface area contributed by atoms with Crippen LogP contribution in [0.5, 0.6) is 0 Å². The fraction of sp³-hybridized carbons (Fsp3) is 0.500. The number of hydrogen-bond donors (Lipinski definition) is 0. The van der Waals surface area contributed by atoms with Crippen LogP contribution in [0.25, 0.3) is 0 Å². The van der Waals surface area contributed by atoms with E-state index in [1.807, 2.05) is 0 Å². The average molecular weight is 184 g/mol. The third-order valence-corrected chi connectivity index (χ3v) is 1.72. The van der Waals surface area contributed by atoms with Gasteiger partial charge in [0, 0.05) is 0 Å². The van der Waals surface area contributed by atoms with Crippen LogP contribution >= 0.6 is 0 Å². The third kappa shape index (κ3) is 2.26. The summed E-state index contributed by atoms with van der Waals surface area (Å²) in [5, 5.41) is 0. The second kappa shape index (κ2) is 3.77. The molecule has 0 aromatic carbocycles. The van der Waals surface area contributed by atoms with Crippen molar-refractivity contribution in [3.8, 4) is 10.7 Å². The Labute approximate surface area is 64.5 Å². The normalized spacial score (nSPS) is 17.6. The number of rotatable bonds is 0. The molecule has 0 aromatic rings. The van der Waals surface area contributed by atoms with Crippen molar-refractivity contribution < 1.29 is 0 Å². The number of hydrogen-bond acceptors (Lipinski definition) is 0. The Hall–Kier alpha value is -0.181. The van der Waals surface area contributed by atoms with Gasteiger partial charge in [-0.25, -0.2) is 0 Å². The number of allylic oxidation sites excluding steroid dienone is 2. The summed E-state index contributed by atoms with van der Waals surface area (Å²) in [6.07, 6.45) is 7.33. The summed E-state index contributed by atoms with van der Waals surface area (Å²) in [7, 11) is 0. The van der Waals surface area contributed by atoms with Crippen LogP contribution in [-0.4, -0.2) is 16.0 Å². The van der Waals surface area contributed by atoms with E-state index in [0.29, 0.717) is 0 Å². The quantitative estimate of drug-likeness (QED) is 0.396. The fourth-order valence-corrected chi connectivity index (χ4v) is 1.29. The van der Waals surface area contributed by atoms with Crippen molar-refractivity contribution in [3.05, 3.63) is 11.6 Å². The molecule has 0 N–H and O–H groups in total. The van der Waals surface area contributed by atoms with E-state index in [1.54, 1.807) is 0 Å². The fourth-order valence-electron chi connectivity index (χ4n) is 1.02. The van der Waals surface area contributed by atoms with Crippen LogP contribution in [0.3, 0.4) is 0 Å². The van der Waals surface area contributed by atoms with Crippen LogP contribution in [0.2, 0.25) is 0 Å². The van der Waals surface area contributed by atoms with E-state index in [9.17, 15) is 0 Å². The van der Waals surface area contributed by atoms with Crippen molar-refractivity contribution >= 4 is 16.0 Å². The summed E-state index contributed by atoms with van der Waals surface area (Å²) < 4.78 is 0. The molecule has 0 saturated heterocycles. The second-order valence-electron chi connectivity index (χ2n) is 2.20. The molecule has 48 valence electrons. The maximum absolute atomic E-state index is 3.04. The minimum absolute atomic E-state index is 1.19. The maximum atomic E-state index is 3.04. The molecule has 0 spiro atoms. The van der Waals surface area contributed by atoms with Crippen LogP contribution < -0.4 is 0 Å². The van der Waals surface area contributed by atoms with Crippen molar-refractivity contribution in [1.82, 2.24) is 0 Å². The molecular formula is C8H9Se-. The Balaban J connectivity index is 2.53. The summed E-state index contributed by atoms with van der Waals surface area (Å²) >= 11 is 2.69. The van der Waals surface area contributed by atoms with Crippen molar-refractivity contribution in [2.75, 3.05) is 0 Å². The summed E-state index contributed by atoms with van der Waals surface area (Å²) in [5.74, 6) is 3.04. The molecule has 0 bridgehead atoms. The van der Waals surface area contributed by atoms with Gasteiger partial charge in [0.15, 0.2) is 0 Å². The standard InChI is InChI=1S/C8H10Se/c9-7-6-8-4-2-1-3-5-8/h4,9H,1-3,5H2/p-1. The molecule has 0 radical (unpaired) electrons. The van der Waals surface area contributed by atoms with Crippen molar-refractivity contribution in [1.29, 1.82) is 0 Å². The molecule has 1 heteroatoms. The van der Waals surface area contributed by atoms with Crippen molar-refractivity contribution in [2.24, 2.45) is 0 Å². The topological polar surface area (TPSA) is 0 Å². The summed E-state index contributed by atoms with van der Waals surface area (Å²) in [4.78, 5) is 2.79. The van der Waals surface area contributed by atoms with Gasteiger partial charge in [0.2, 0.25) is 0 Å². The van der Waals surface area contributed by atoms with Gasteiger partial charge in [0.1, 0.15) is 0 Å². The Bertz CT molecular complexity index is 169. The molecule has 0 heterocycles. The molecular weight excluding hydrogens is 175 g/mol. The zero-order chi connectivity index (χ0) is 6.53. The van der Waals surface area contributed by atoms with Gasteiger partial charge in [0.25, 0.3) is 0 Å². The monoisotopic (exact) mass is 185 g/mol. The van der Waals surface area contributed by atoms with E-state index in [-0.39, 0.29) is 0 Å². The summed E-state index contributed by atoms with van der Waals surface area (Å²) in [5.41, 5.74) is 1.32. The van der Waals surface area contributed by atoms with E-state index in [4.69, 9.17) is 0 Å². The predicted molar refractivity (Wildman–Crippen MR) is 40.1 cm³/mol. The van der Waals surface area contributed by atoms with Gasteiger partial charge in [0.05, 0.1) is 0 Å². The Kier molecular flexibility index (Phi) is 2.91.